The van der Waals surface area contributed by atoms with Crippen molar-refractivity contribution in [1.29, 1.82) is 0 Å². The number of benzene rings is 1. The van der Waals surface area contributed by atoms with Crippen LogP contribution in [0.1, 0.15) is 38.8 Å². The zero-order valence-electron chi connectivity index (χ0n) is 14.2. The van der Waals surface area contributed by atoms with Crippen molar-refractivity contribution in [3.63, 3.8) is 0 Å². The average Bonchev–Trinajstić information content (AvgIpc) is 2.44. The molecule has 0 spiro atoms. The minimum atomic E-state index is -2.73. The molecule has 0 aliphatic heterocycles. The predicted octanol–water partition coefficient (Wildman–Crippen LogP) is 3.69. The number of rotatable bonds is 9. The molecular weight excluding hydrogens is 282 g/mol. The zero-order valence-corrected chi connectivity index (χ0v) is 15.2. The van der Waals surface area contributed by atoms with Crippen LogP contribution in [-0.4, -0.2) is 34.3 Å². The third-order valence-electron chi connectivity index (χ3n) is 3.54. The summed E-state index contributed by atoms with van der Waals surface area (Å²) in [5, 5.41) is 3.53. The van der Waals surface area contributed by atoms with Crippen LogP contribution in [0, 0.1) is 13.8 Å². The molecule has 0 aromatic heterocycles. The van der Waals surface area contributed by atoms with Crippen LogP contribution < -0.4 is 5.32 Å². The van der Waals surface area contributed by atoms with Gasteiger partial charge in [-0.05, 0) is 58.7 Å². The lowest BCUT2D eigenvalue weighted by Crippen LogP contribution is -2.58. The number of hydrogen-bond donors (Lipinski definition) is 1. The summed E-state index contributed by atoms with van der Waals surface area (Å²) in [5.41, 5.74) is 3.62. The molecule has 1 atom stereocenters. The summed E-state index contributed by atoms with van der Waals surface area (Å²) >= 11 is 0. The number of anilines is 1. The van der Waals surface area contributed by atoms with E-state index in [9.17, 15) is 0 Å². The summed E-state index contributed by atoms with van der Waals surface area (Å²) in [6.07, 6.45) is 0. The van der Waals surface area contributed by atoms with Gasteiger partial charge >= 0.3 is 8.80 Å². The fourth-order valence-electron chi connectivity index (χ4n) is 2.33. The second-order valence-corrected chi connectivity index (χ2v) is 7.96. The molecule has 0 saturated carbocycles. The largest absolute Gasteiger partial charge is 0.524 e. The lowest BCUT2D eigenvalue weighted by atomic mass is 10.1. The van der Waals surface area contributed by atoms with Crippen molar-refractivity contribution in [2.45, 2.75) is 47.2 Å². The van der Waals surface area contributed by atoms with Crippen LogP contribution in [0.2, 0.25) is 0 Å². The maximum atomic E-state index is 5.95. The topological polar surface area (TPSA) is 39.7 Å². The molecule has 0 amide bonds. The molecule has 120 valence electrons. The van der Waals surface area contributed by atoms with Crippen LogP contribution in [-0.2, 0) is 13.3 Å². The maximum absolute atomic E-state index is 5.95. The molecule has 0 saturated heterocycles. The summed E-state index contributed by atoms with van der Waals surface area (Å²) in [6.45, 7) is 14.0. The first-order chi connectivity index (χ1) is 10.0. The molecule has 0 bridgehead atoms. The number of hydrogen-bond acceptors (Lipinski definition) is 4. The van der Waals surface area contributed by atoms with Crippen molar-refractivity contribution < 1.29 is 13.3 Å². The Balaban J connectivity index is 2.98. The smallest absolute Gasteiger partial charge is 0.378 e. The highest BCUT2D eigenvalue weighted by molar-refractivity contribution is 6.63. The maximum Gasteiger partial charge on any atom is 0.524 e. The van der Waals surface area contributed by atoms with Gasteiger partial charge in [-0.25, -0.2) is 0 Å². The van der Waals surface area contributed by atoms with E-state index >= 15 is 0 Å². The monoisotopic (exact) mass is 311 g/mol. The van der Waals surface area contributed by atoms with Crippen LogP contribution in [0.25, 0.3) is 0 Å². The van der Waals surface area contributed by atoms with E-state index in [-0.39, 0.29) is 5.67 Å². The summed E-state index contributed by atoms with van der Waals surface area (Å²) < 4.78 is 17.8. The van der Waals surface area contributed by atoms with Crippen LogP contribution in [0.15, 0.2) is 18.2 Å². The van der Waals surface area contributed by atoms with Crippen molar-refractivity contribution in [3.05, 3.63) is 29.3 Å². The molecule has 0 radical (unpaired) electrons. The average molecular weight is 311 g/mol. The van der Waals surface area contributed by atoms with Gasteiger partial charge in [0, 0.05) is 25.5 Å². The van der Waals surface area contributed by atoms with Gasteiger partial charge in [0.05, 0.1) is 5.67 Å². The Bertz CT molecular complexity index is 423. The van der Waals surface area contributed by atoms with Crippen molar-refractivity contribution >= 4 is 14.5 Å². The molecular formula is C16H29NO3Si. The summed E-state index contributed by atoms with van der Waals surface area (Å²) in [5.74, 6) is 0. The van der Waals surface area contributed by atoms with Gasteiger partial charge in [-0.2, -0.15) is 0 Å². The Labute approximate surface area is 130 Å². The van der Waals surface area contributed by atoms with Gasteiger partial charge in [0.15, 0.2) is 0 Å². The lowest BCUT2D eigenvalue weighted by molar-refractivity contribution is 0.0659. The van der Waals surface area contributed by atoms with E-state index in [2.05, 4.69) is 44.3 Å². The molecule has 0 heterocycles. The Morgan fingerprint density at radius 1 is 1.00 bits per heavy atom. The lowest BCUT2D eigenvalue weighted by Gasteiger charge is -2.34. The predicted molar refractivity (Wildman–Crippen MR) is 89.6 cm³/mol. The fraction of sp³-hybridized carbons (Fsp3) is 0.625. The number of nitrogens with one attached hydrogen (secondary N) is 1. The molecule has 4 nitrogen and oxygen atoms in total. The molecule has 1 unspecified atom stereocenters. The van der Waals surface area contributed by atoms with Gasteiger partial charge in [0.1, 0.15) is 0 Å². The van der Waals surface area contributed by atoms with E-state index in [0.717, 1.165) is 5.69 Å². The fourth-order valence-corrected chi connectivity index (χ4v) is 4.87. The first-order valence-electron chi connectivity index (χ1n) is 7.75. The highest BCUT2D eigenvalue weighted by Gasteiger charge is 2.47. The van der Waals surface area contributed by atoms with Gasteiger partial charge < -0.3 is 18.6 Å². The molecule has 1 aromatic rings. The highest BCUT2D eigenvalue weighted by atomic mass is 28.4. The molecule has 1 N–H and O–H groups in total. The van der Waals surface area contributed by atoms with Crippen LogP contribution in [0.5, 0.6) is 0 Å². The Morgan fingerprint density at radius 3 is 2.00 bits per heavy atom. The Hall–Kier alpha value is -0.883. The van der Waals surface area contributed by atoms with Crippen LogP contribution in [0.3, 0.4) is 0 Å². The zero-order chi connectivity index (χ0) is 15.9. The van der Waals surface area contributed by atoms with E-state index in [0.29, 0.717) is 19.8 Å². The van der Waals surface area contributed by atoms with Gasteiger partial charge in [-0.15, -0.1) is 0 Å². The standard InChI is InChI=1S/C16H29NO3Si/c1-7-18-21(19-8-2,20-9-3)15(6)17-16-12-10-11-13(4)14(16)5/h10-12,15,17H,7-9H2,1-6H3. The van der Waals surface area contributed by atoms with E-state index in [1.807, 2.05) is 20.8 Å². The third kappa shape index (κ3) is 4.54. The molecule has 5 heteroatoms. The van der Waals surface area contributed by atoms with Gasteiger partial charge in [0.25, 0.3) is 0 Å². The van der Waals surface area contributed by atoms with Crippen molar-refractivity contribution in [2.75, 3.05) is 25.1 Å². The van der Waals surface area contributed by atoms with Crippen molar-refractivity contribution in [3.8, 4) is 0 Å². The minimum Gasteiger partial charge on any atom is -0.378 e. The van der Waals surface area contributed by atoms with Gasteiger partial charge in [-0.3, -0.25) is 0 Å². The molecule has 21 heavy (non-hydrogen) atoms. The van der Waals surface area contributed by atoms with Crippen LogP contribution >= 0.6 is 0 Å². The first-order valence-corrected chi connectivity index (χ1v) is 9.55. The Morgan fingerprint density at radius 2 is 1.52 bits per heavy atom. The van der Waals surface area contributed by atoms with Crippen LogP contribution in [0.4, 0.5) is 5.69 Å². The molecule has 0 fully saturated rings. The summed E-state index contributed by atoms with van der Waals surface area (Å²) in [6, 6.07) is 6.26. The van der Waals surface area contributed by atoms with E-state index in [4.69, 9.17) is 13.3 Å². The molecule has 1 aromatic carbocycles. The normalized spacial score (nSPS) is 13.2. The first kappa shape index (κ1) is 18.2. The van der Waals surface area contributed by atoms with Crippen molar-refractivity contribution in [2.24, 2.45) is 0 Å². The van der Waals surface area contributed by atoms with E-state index in [1.165, 1.54) is 11.1 Å². The van der Waals surface area contributed by atoms with Gasteiger partial charge in [-0.1, -0.05) is 12.1 Å². The SMILES string of the molecule is CCO[Si](OCC)(OCC)C(C)Nc1cccc(C)c1C. The third-order valence-corrected chi connectivity index (χ3v) is 6.82. The van der Waals surface area contributed by atoms with Crippen molar-refractivity contribution in [1.82, 2.24) is 0 Å². The molecule has 1 rings (SSSR count). The summed E-state index contributed by atoms with van der Waals surface area (Å²) in [4.78, 5) is 0. The summed E-state index contributed by atoms with van der Waals surface area (Å²) in [7, 11) is -2.73. The van der Waals surface area contributed by atoms with Gasteiger partial charge in [0.2, 0.25) is 0 Å². The molecule has 0 aliphatic carbocycles. The minimum absolute atomic E-state index is 0.00199. The molecule has 0 aliphatic rings. The quantitative estimate of drug-likeness (QED) is 0.706. The Kier molecular flexibility index (Phi) is 7.38. The second kappa shape index (κ2) is 8.53. The second-order valence-electron chi connectivity index (χ2n) is 5.02. The van der Waals surface area contributed by atoms with E-state index in [1.54, 1.807) is 0 Å². The van der Waals surface area contributed by atoms with E-state index < -0.39 is 8.80 Å². The highest BCUT2D eigenvalue weighted by Crippen LogP contribution is 2.23. The number of aryl methyl sites for hydroxylation is 1.